The Balaban J connectivity index is 0.000000150. The Morgan fingerprint density at radius 3 is 1.33 bits per heavy atom. The molecular weight excluding hydrogens is 739 g/mol. The lowest BCUT2D eigenvalue weighted by atomic mass is 9.92. The average molecular weight is 775 g/mol. The van der Waals surface area contributed by atoms with Crippen molar-refractivity contribution < 1.29 is 38.2 Å². The number of hydrogen-bond acceptors (Lipinski definition) is 4. The average Bonchev–Trinajstić information content (AvgIpc) is 4.14. The minimum atomic E-state index is -0.996. The van der Waals surface area contributed by atoms with Gasteiger partial charge in [0.15, 0.2) is 0 Å². The number of nitrogens with zero attached hydrogens (tertiary/aromatic N) is 2. The van der Waals surface area contributed by atoms with Gasteiger partial charge in [0.1, 0.15) is 11.6 Å². The summed E-state index contributed by atoms with van der Waals surface area (Å²) in [6.07, 6.45) is 1.30. The number of amides is 2. The van der Waals surface area contributed by atoms with Crippen molar-refractivity contribution in [3.8, 4) is 0 Å². The molecule has 6 aromatic carbocycles. The summed E-state index contributed by atoms with van der Waals surface area (Å²) in [6.45, 7) is 0.600. The zero-order chi connectivity index (χ0) is 40.3. The maximum Gasteiger partial charge on any atom is 0.335 e. The van der Waals surface area contributed by atoms with Gasteiger partial charge in [0.25, 0.3) is 0 Å². The van der Waals surface area contributed by atoms with Gasteiger partial charge in [-0.15, -0.1) is 0 Å². The van der Waals surface area contributed by atoms with E-state index in [0.717, 1.165) is 44.8 Å². The molecule has 2 amide bonds. The standard InChI is InChI=1S/2C24H18FNO3/c2*25-18-8-4-6-16(12-18)20-13-24(20)19-9-1-2-10-21(19)26(23(24)29)14-15-5-3-7-17(11-15)22(27)28/h2*1-12,20H,13-14H2,(H,27,28)/t2*20-,24+/m10/s1. The van der Waals surface area contributed by atoms with Gasteiger partial charge in [0, 0.05) is 23.2 Å². The Labute approximate surface area is 332 Å². The van der Waals surface area contributed by atoms with Crippen LogP contribution in [0.5, 0.6) is 0 Å². The number of fused-ring (bicyclic) bond motifs is 4. The highest BCUT2D eigenvalue weighted by Crippen LogP contribution is 2.67. The third-order valence-electron chi connectivity index (χ3n) is 12.1. The third-order valence-corrected chi connectivity index (χ3v) is 12.1. The van der Waals surface area contributed by atoms with E-state index in [2.05, 4.69) is 0 Å². The number of para-hydroxylation sites is 2. The lowest BCUT2D eigenvalue weighted by molar-refractivity contribution is -0.121. The minimum Gasteiger partial charge on any atom is -0.478 e. The lowest BCUT2D eigenvalue weighted by Gasteiger charge is -2.19. The quantitative estimate of drug-likeness (QED) is 0.160. The van der Waals surface area contributed by atoms with Crippen LogP contribution in [0.1, 0.15) is 78.8 Å². The van der Waals surface area contributed by atoms with Crippen molar-refractivity contribution in [3.63, 3.8) is 0 Å². The second-order valence-corrected chi connectivity index (χ2v) is 15.4. The Morgan fingerprint density at radius 2 is 0.931 bits per heavy atom. The van der Waals surface area contributed by atoms with Crippen LogP contribution in [0, 0.1) is 11.6 Å². The zero-order valence-electron chi connectivity index (χ0n) is 31.0. The first-order valence-corrected chi connectivity index (χ1v) is 19.0. The second kappa shape index (κ2) is 13.9. The summed E-state index contributed by atoms with van der Waals surface area (Å²) in [7, 11) is 0. The van der Waals surface area contributed by atoms with Crippen LogP contribution in [0.25, 0.3) is 0 Å². The molecule has 2 aliphatic heterocycles. The van der Waals surface area contributed by atoms with Gasteiger partial charge in [0.05, 0.1) is 35.0 Å². The number of carboxylic acid groups (broad SMARTS) is 2. The van der Waals surface area contributed by atoms with Crippen molar-refractivity contribution in [2.24, 2.45) is 0 Å². The van der Waals surface area contributed by atoms with Gasteiger partial charge in [-0.3, -0.25) is 9.59 Å². The molecule has 10 rings (SSSR count). The molecule has 10 heteroatoms. The monoisotopic (exact) mass is 774 g/mol. The number of carbonyl (C=O) groups excluding carboxylic acids is 2. The van der Waals surface area contributed by atoms with Crippen molar-refractivity contribution in [1.29, 1.82) is 0 Å². The molecule has 0 unspecified atom stereocenters. The fourth-order valence-corrected chi connectivity index (χ4v) is 9.23. The number of carboxylic acids is 2. The van der Waals surface area contributed by atoms with Gasteiger partial charge in [-0.25, -0.2) is 18.4 Å². The molecular formula is C48H36F2N2O6. The smallest absolute Gasteiger partial charge is 0.335 e. The molecule has 0 aromatic heterocycles. The first-order chi connectivity index (χ1) is 28.0. The van der Waals surface area contributed by atoms with E-state index in [1.54, 1.807) is 46.2 Å². The van der Waals surface area contributed by atoms with Crippen molar-refractivity contribution >= 4 is 35.1 Å². The topological polar surface area (TPSA) is 115 Å². The van der Waals surface area contributed by atoms with E-state index < -0.39 is 22.8 Å². The van der Waals surface area contributed by atoms with Gasteiger partial charge >= 0.3 is 11.9 Å². The number of hydrogen-bond donors (Lipinski definition) is 2. The number of aromatic carboxylic acids is 2. The van der Waals surface area contributed by atoms with Crippen LogP contribution < -0.4 is 9.80 Å². The molecule has 4 aliphatic rings. The summed E-state index contributed by atoms with van der Waals surface area (Å²) in [5.41, 5.74) is 5.88. The molecule has 6 aromatic rings. The van der Waals surface area contributed by atoms with E-state index in [1.807, 2.05) is 72.8 Å². The van der Waals surface area contributed by atoms with Crippen molar-refractivity contribution in [2.75, 3.05) is 9.80 Å². The zero-order valence-corrected chi connectivity index (χ0v) is 31.0. The van der Waals surface area contributed by atoms with Crippen LogP contribution in [-0.4, -0.2) is 34.0 Å². The first kappa shape index (κ1) is 36.7. The van der Waals surface area contributed by atoms with Crippen LogP contribution in [0.4, 0.5) is 20.2 Å². The van der Waals surface area contributed by atoms with Crippen LogP contribution >= 0.6 is 0 Å². The van der Waals surface area contributed by atoms with E-state index in [1.165, 1.54) is 36.4 Å². The van der Waals surface area contributed by atoms with Crippen LogP contribution in [0.3, 0.4) is 0 Å². The Morgan fingerprint density at radius 1 is 0.534 bits per heavy atom. The van der Waals surface area contributed by atoms with E-state index in [9.17, 15) is 38.2 Å². The van der Waals surface area contributed by atoms with Crippen LogP contribution in [0.2, 0.25) is 0 Å². The number of anilines is 2. The summed E-state index contributed by atoms with van der Waals surface area (Å²) in [4.78, 5) is 53.1. The highest BCUT2D eigenvalue weighted by Gasteiger charge is 2.68. The van der Waals surface area contributed by atoms with E-state index >= 15 is 0 Å². The van der Waals surface area contributed by atoms with E-state index in [0.29, 0.717) is 25.9 Å². The third kappa shape index (κ3) is 6.03. The maximum absolute atomic E-state index is 13.7. The molecule has 8 nitrogen and oxygen atoms in total. The molecule has 0 radical (unpaired) electrons. The SMILES string of the molecule is O=C(O)c1cccc(CN2C(=O)[C@@]3(C[C@@H]3c3cccc(F)c3)c3ccccc32)c1.O=C(O)c1cccc(CN2C(=O)[C@]3(C[C@H]3c3cccc(F)c3)c3ccccc32)c1. The maximum atomic E-state index is 13.7. The molecule has 4 atom stereocenters. The largest absolute Gasteiger partial charge is 0.478 e. The fraction of sp³-hybridized carbons (Fsp3) is 0.167. The molecule has 2 saturated carbocycles. The number of rotatable bonds is 8. The van der Waals surface area contributed by atoms with Gasteiger partial charge in [0.2, 0.25) is 11.8 Å². The van der Waals surface area contributed by atoms with E-state index in [-0.39, 0.29) is 46.4 Å². The van der Waals surface area contributed by atoms with Crippen molar-refractivity contribution in [2.45, 2.75) is 48.6 Å². The molecule has 2 N–H and O–H groups in total. The molecule has 0 bridgehead atoms. The number of halogens is 2. The highest BCUT2D eigenvalue weighted by molar-refractivity contribution is 6.12. The molecule has 2 aliphatic carbocycles. The predicted octanol–water partition coefficient (Wildman–Crippen LogP) is 8.99. The summed E-state index contributed by atoms with van der Waals surface area (Å²) in [5, 5.41) is 18.5. The van der Waals surface area contributed by atoms with Gasteiger partial charge in [-0.2, -0.15) is 0 Å². The second-order valence-electron chi connectivity index (χ2n) is 15.4. The van der Waals surface area contributed by atoms with Gasteiger partial charge in [-0.1, -0.05) is 84.9 Å². The summed E-state index contributed by atoms with van der Waals surface area (Å²) in [6, 6.07) is 41.6. The van der Waals surface area contributed by atoms with Crippen LogP contribution in [-0.2, 0) is 33.5 Å². The number of benzene rings is 6. The summed E-state index contributed by atoms with van der Waals surface area (Å²) >= 11 is 0. The van der Waals surface area contributed by atoms with Crippen molar-refractivity contribution in [1.82, 2.24) is 0 Å². The molecule has 2 heterocycles. The first-order valence-electron chi connectivity index (χ1n) is 19.0. The normalized spacial score (nSPS) is 22.0. The molecule has 288 valence electrons. The van der Waals surface area contributed by atoms with Crippen LogP contribution in [0.15, 0.2) is 146 Å². The summed E-state index contributed by atoms with van der Waals surface area (Å²) in [5.74, 6) is -2.71. The van der Waals surface area contributed by atoms with Gasteiger partial charge in [-0.05, 0) is 107 Å². The Kier molecular flexibility index (Phi) is 8.80. The minimum absolute atomic E-state index is 0.00584. The molecule has 2 fully saturated rings. The molecule has 0 saturated heterocycles. The predicted molar refractivity (Wildman–Crippen MR) is 213 cm³/mol. The molecule has 58 heavy (non-hydrogen) atoms. The highest BCUT2D eigenvalue weighted by atomic mass is 19.1. The van der Waals surface area contributed by atoms with Crippen molar-refractivity contribution in [3.05, 3.63) is 202 Å². The number of carbonyl (C=O) groups is 4. The Hall–Kier alpha value is -6.94. The fourth-order valence-electron chi connectivity index (χ4n) is 9.23. The Bertz CT molecular complexity index is 2500. The van der Waals surface area contributed by atoms with E-state index in [4.69, 9.17) is 0 Å². The lowest BCUT2D eigenvalue weighted by Crippen LogP contribution is -2.32. The summed E-state index contributed by atoms with van der Waals surface area (Å²) < 4.78 is 27.5. The molecule has 2 spiro atoms. The van der Waals surface area contributed by atoms with Gasteiger partial charge < -0.3 is 20.0 Å².